The third-order valence-corrected chi connectivity index (χ3v) is 4.47. The van der Waals surface area contributed by atoms with Crippen molar-refractivity contribution in [2.24, 2.45) is 0 Å². The zero-order chi connectivity index (χ0) is 17.3. The summed E-state index contributed by atoms with van der Waals surface area (Å²) in [7, 11) is 0. The van der Waals surface area contributed by atoms with Gasteiger partial charge in [0.25, 0.3) is 0 Å². The molecular weight excluding hydrogens is 282 g/mol. The molecule has 2 heteroatoms. The van der Waals surface area contributed by atoms with E-state index in [-0.39, 0.29) is 12.1 Å². The van der Waals surface area contributed by atoms with Gasteiger partial charge in [0.2, 0.25) is 0 Å². The number of hydrogen-bond acceptors (Lipinski definition) is 2. The predicted octanol–water partition coefficient (Wildman–Crippen LogP) is 5.35. The van der Waals surface area contributed by atoms with E-state index in [1.807, 2.05) is 0 Å². The van der Waals surface area contributed by atoms with Crippen molar-refractivity contribution in [2.45, 2.75) is 59.4 Å². The Kier molecular flexibility index (Phi) is 8.11. The lowest BCUT2D eigenvalue weighted by Gasteiger charge is -2.42. The second kappa shape index (κ2) is 9.57. The molecular formula is C21H33NO. The highest BCUT2D eigenvalue weighted by molar-refractivity contribution is 5.51. The van der Waals surface area contributed by atoms with E-state index in [0.29, 0.717) is 0 Å². The standard InChI is InChI=1S/C21H33NO/c1-6-12-18(2)17-19(3)21(4,5)22(15-10-11-16-23)20-13-8-7-9-14-20/h7-9,12-14,17,23H,6,10-11,15-16H2,1-5H3/b18-12-,19-17-. The van der Waals surface area contributed by atoms with Gasteiger partial charge in [0.05, 0.1) is 5.54 Å². The van der Waals surface area contributed by atoms with Gasteiger partial charge in [-0.3, -0.25) is 0 Å². The summed E-state index contributed by atoms with van der Waals surface area (Å²) in [5.74, 6) is 0. The van der Waals surface area contributed by atoms with Crippen LogP contribution >= 0.6 is 0 Å². The number of hydrogen-bond donors (Lipinski definition) is 1. The molecule has 2 nitrogen and oxygen atoms in total. The maximum Gasteiger partial charge on any atom is 0.0558 e. The first-order chi connectivity index (χ1) is 10.9. The van der Waals surface area contributed by atoms with Crippen molar-refractivity contribution in [3.8, 4) is 0 Å². The molecule has 23 heavy (non-hydrogen) atoms. The average Bonchev–Trinajstić information content (AvgIpc) is 2.52. The minimum atomic E-state index is -0.0698. The largest absolute Gasteiger partial charge is 0.396 e. The lowest BCUT2D eigenvalue weighted by Crippen LogP contribution is -2.45. The SMILES string of the molecule is CC/C=C(C)\C=C(\C)C(C)(C)N(CCCCO)c1ccccc1. The second-order valence-corrected chi connectivity index (χ2v) is 6.66. The van der Waals surface area contributed by atoms with Gasteiger partial charge in [-0.05, 0) is 64.7 Å². The van der Waals surface area contributed by atoms with Crippen LogP contribution in [0.2, 0.25) is 0 Å². The summed E-state index contributed by atoms with van der Waals surface area (Å²) >= 11 is 0. The maximum absolute atomic E-state index is 9.10. The highest BCUT2D eigenvalue weighted by Crippen LogP contribution is 2.30. The summed E-state index contributed by atoms with van der Waals surface area (Å²) in [6, 6.07) is 10.6. The first-order valence-corrected chi connectivity index (χ1v) is 8.72. The van der Waals surface area contributed by atoms with E-state index in [1.165, 1.54) is 16.8 Å². The van der Waals surface area contributed by atoms with Crippen molar-refractivity contribution >= 4 is 5.69 Å². The molecule has 0 heterocycles. The second-order valence-electron chi connectivity index (χ2n) is 6.66. The van der Waals surface area contributed by atoms with Gasteiger partial charge in [0, 0.05) is 18.8 Å². The molecule has 0 fully saturated rings. The average molecular weight is 316 g/mol. The zero-order valence-electron chi connectivity index (χ0n) is 15.5. The van der Waals surface area contributed by atoms with Gasteiger partial charge in [0.15, 0.2) is 0 Å². The molecule has 1 N–H and O–H groups in total. The van der Waals surface area contributed by atoms with Crippen LogP contribution in [0.15, 0.2) is 53.6 Å². The fourth-order valence-electron chi connectivity index (χ4n) is 2.83. The first-order valence-electron chi connectivity index (χ1n) is 8.72. The third kappa shape index (κ3) is 5.87. The Morgan fingerprint density at radius 3 is 2.35 bits per heavy atom. The molecule has 0 saturated heterocycles. The Morgan fingerprint density at radius 1 is 1.13 bits per heavy atom. The molecule has 128 valence electrons. The van der Waals surface area contributed by atoms with Crippen molar-refractivity contribution in [1.29, 1.82) is 0 Å². The minimum absolute atomic E-state index is 0.0698. The van der Waals surface area contributed by atoms with E-state index in [4.69, 9.17) is 5.11 Å². The molecule has 0 aromatic heterocycles. The van der Waals surface area contributed by atoms with Gasteiger partial charge >= 0.3 is 0 Å². The fraction of sp³-hybridized carbons (Fsp3) is 0.524. The molecule has 0 aliphatic heterocycles. The first kappa shape index (κ1) is 19.5. The number of aliphatic hydroxyl groups excluding tert-OH is 1. The fourth-order valence-corrected chi connectivity index (χ4v) is 2.83. The third-order valence-electron chi connectivity index (χ3n) is 4.47. The number of para-hydroxylation sites is 1. The van der Waals surface area contributed by atoms with Gasteiger partial charge in [-0.1, -0.05) is 42.8 Å². The van der Waals surface area contributed by atoms with E-state index >= 15 is 0 Å². The Hall–Kier alpha value is -1.54. The summed E-state index contributed by atoms with van der Waals surface area (Å²) in [5, 5.41) is 9.10. The molecule has 1 rings (SSSR count). The molecule has 0 aliphatic rings. The summed E-state index contributed by atoms with van der Waals surface area (Å²) in [6.07, 6.45) is 7.46. The van der Waals surface area contributed by atoms with Crippen molar-refractivity contribution < 1.29 is 5.11 Å². The van der Waals surface area contributed by atoms with E-state index in [2.05, 4.69) is 82.0 Å². The van der Waals surface area contributed by atoms with Crippen LogP contribution in [-0.4, -0.2) is 23.8 Å². The highest BCUT2D eigenvalue weighted by Gasteiger charge is 2.28. The van der Waals surface area contributed by atoms with Gasteiger partial charge in [-0.25, -0.2) is 0 Å². The van der Waals surface area contributed by atoms with E-state index < -0.39 is 0 Å². The number of nitrogens with zero attached hydrogens (tertiary/aromatic N) is 1. The molecule has 0 saturated carbocycles. The van der Waals surface area contributed by atoms with Crippen LogP contribution in [0, 0.1) is 0 Å². The van der Waals surface area contributed by atoms with Crippen molar-refractivity contribution in [3.63, 3.8) is 0 Å². The Morgan fingerprint density at radius 2 is 1.78 bits per heavy atom. The van der Waals surface area contributed by atoms with Crippen LogP contribution < -0.4 is 4.90 Å². The topological polar surface area (TPSA) is 23.5 Å². The number of rotatable bonds is 9. The quantitative estimate of drug-likeness (QED) is 0.490. The Balaban J connectivity index is 3.09. The Labute approximate surface area is 142 Å². The summed E-state index contributed by atoms with van der Waals surface area (Å²) < 4.78 is 0. The van der Waals surface area contributed by atoms with E-state index in [0.717, 1.165) is 25.8 Å². The molecule has 0 aliphatic carbocycles. The predicted molar refractivity (Wildman–Crippen MR) is 102 cm³/mol. The summed E-state index contributed by atoms with van der Waals surface area (Å²) in [4.78, 5) is 2.45. The van der Waals surface area contributed by atoms with Crippen LogP contribution in [-0.2, 0) is 0 Å². The van der Waals surface area contributed by atoms with E-state index in [9.17, 15) is 0 Å². The normalized spacial score (nSPS) is 13.3. The number of benzene rings is 1. The molecule has 0 bridgehead atoms. The van der Waals surface area contributed by atoms with Crippen LogP contribution in [0.25, 0.3) is 0 Å². The molecule has 1 aromatic carbocycles. The van der Waals surface area contributed by atoms with Gasteiger partial charge in [-0.2, -0.15) is 0 Å². The van der Waals surface area contributed by atoms with Crippen LogP contribution in [0.5, 0.6) is 0 Å². The smallest absolute Gasteiger partial charge is 0.0558 e. The molecule has 0 radical (unpaired) electrons. The van der Waals surface area contributed by atoms with E-state index in [1.54, 1.807) is 0 Å². The molecule has 0 spiro atoms. The minimum Gasteiger partial charge on any atom is -0.396 e. The highest BCUT2D eigenvalue weighted by atomic mass is 16.2. The molecule has 0 unspecified atom stereocenters. The molecule has 1 aromatic rings. The lowest BCUT2D eigenvalue weighted by molar-refractivity contribution is 0.284. The lowest BCUT2D eigenvalue weighted by atomic mass is 9.90. The number of aliphatic hydroxyl groups is 1. The maximum atomic E-state index is 9.10. The molecule has 0 amide bonds. The monoisotopic (exact) mass is 315 g/mol. The van der Waals surface area contributed by atoms with Crippen molar-refractivity contribution in [3.05, 3.63) is 53.6 Å². The zero-order valence-corrected chi connectivity index (χ0v) is 15.5. The number of allylic oxidation sites excluding steroid dienone is 3. The summed E-state index contributed by atoms with van der Waals surface area (Å²) in [5.41, 5.74) is 3.84. The van der Waals surface area contributed by atoms with Crippen LogP contribution in [0.4, 0.5) is 5.69 Å². The van der Waals surface area contributed by atoms with Gasteiger partial charge < -0.3 is 10.0 Å². The van der Waals surface area contributed by atoms with Gasteiger partial charge in [0.1, 0.15) is 0 Å². The van der Waals surface area contributed by atoms with Gasteiger partial charge in [-0.15, -0.1) is 0 Å². The van der Waals surface area contributed by atoms with Crippen molar-refractivity contribution in [1.82, 2.24) is 0 Å². The van der Waals surface area contributed by atoms with Crippen molar-refractivity contribution in [2.75, 3.05) is 18.1 Å². The Bertz CT molecular complexity index is 514. The number of anilines is 1. The summed E-state index contributed by atoms with van der Waals surface area (Å²) in [6.45, 7) is 12.3. The molecule has 0 atom stereocenters. The van der Waals surface area contributed by atoms with Crippen LogP contribution in [0.3, 0.4) is 0 Å². The van der Waals surface area contributed by atoms with Crippen LogP contribution in [0.1, 0.15) is 53.9 Å². The number of unbranched alkanes of at least 4 members (excludes halogenated alkanes) is 1.